The molecule has 0 atom stereocenters. The summed E-state index contributed by atoms with van der Waals surface area (Å²) in [6.45, 7) is 4.67. The summed E-state index contributed by atoms with van der Waals surface area (Å²) in [6.07, 6.45) is 1.43. The largest absolute Gasteiger partial charge is 0.492 e. The number of carbonyl (C=O) groups is 1. The zero-order valence-electron chi connectivity index (χ0n) is 15.6. The highest BCUT2D eigenvalue weighted by atomic mass is 16.5. The second-order valence-electron chi connectivity index (χ2n) is 6.34. The molecule has 1 aliphatic heterocycles. The van der Waals surface area contributed by atoms with Crippen LogP contribution in [-0.2, 0) is 4.74 Å². The molecule has 0 aromatic heterocycles. The number of carbonyl (C=O) groups excluding carboxylic acids is 1. The molecule has 28 heavy (non-hydrogen) atoms. The summed E-state index contributed by atoms with van der Waals surface area (Å²) < 4.78 is 11.1. The van der Waals surface area contributed by atoms with Gasteiger partial charge in [0.2, 0.25) is 5.78 Å². The minimum absolute atomic E-state index is 0.0364. The van der Waals surface area contributed by atoms with Crippen LogP contribution in [0.3, 0.4) is 0 Å². The summed E-state index contributed by atoms with van der Waals surface area (Å²) in [5, 5.41) is 12.3. The van der Waals surface area contributed by atoms with Crippen molar-refractivity contribution in [3.63, 3.8) is 0 Å². The average molecular weight is 377 g/mol. The molecule has 0 bridgehead atoms. The smallest absolute Gasteiger partial charge is 0.205 e. The quantitative estimate of drug-likeness (QED) is 0.433. The van der Waals surface area contributed by atoms with Gasteiger partial charge in [-0.3, -0.25) is 9.69 Å². The molecule has 2 aromatic rings. The highest BCUT2D eigenvalue weighted by Gasteiger charge is 2.14. The van der Waals surface area contributed by atoms with Gasteiger partial charge in [0.25, 0.3) is 0 Å². The summed E-state index contributed by atoms with van der Waals surface area (Å²) >= 11 is 0. The first kappa shape index (κ1) is 19.6. The molecule has 0 unspecified atom stereocenters. The van der Waals surface area contributed by atoms with Crippen molar-refractivity contribution in [1.29, 1.82) is 5.26 Å². The minimum atomic E-state index is -0.343. The number of nitrogens with zero attached hydrogens (tertiary/aromatic N) is 2. The van der Waals surface area contributed by atoms with E-state index in [0.717, 1.165) is 38.5 Å². The van der Waals surface area contributed by atoms with Gasteiger partial charge in [-0.05, 0) is 24.3 Å². The second kappa shape index (κ2) is 10.3. The van der Waals surface area contributed by atoms with Gasteiger partial charge in [0.15, 0.2) is 0 Å². The summed E-state index contributed by atoms with van der Waals surface area (Å²) in [7, 11) is 0. The highest BCUT2D eigenvalue weighted by molar-refractivity contribution is 6.11. The molecule has 3 rings (SSSR count). The molecule has 6 nitrogen and oxygen atoms in total. The van der Waals surface area contributed by atoms with E-state index in [1.807, 2.05) is 42.5 Å². The van der Waals surface area contributed by atoms with E-state index in [1.165, 1.54) is 6.20 Å². The van der Waals surface area contributed by atoms with Crippen LogP contribution in [0.1, 0.15) is 10.4 Å². The third-order valence-electron chi connectivity index (χ3n) is 4.40. The van der Waals surface area contributed by atoms with Crippen molar-refractivity contribution in [2.75, 3.05) is 44.8 Å². The lowest BCUT2D eigenvalue weighted by Crippen LogP contribution is -2.38. The van der Waals surface area contributed by atoms with E-state index in [4.69, 9.17) is 9.47 Å². The molecular formula is C22H23N3O3. The second-order valence-corrected chi connectivity index (χ2v) is 6.34. The molecule has 0 aliphatic carbocycles. The van der Waals surface area contributed by atoms with E-state index in [9.17, 15) is 10.1 Å². The van der Waals surface area contributed by atoms with Gasteiger partial charge in [0, 0.05) is 37.1 Å². The standard InChI is InChI=1S/C22H23N3O3/c23-16-19(17-24-20-6-2-1-3-7-20)22(26)18-5-4-8-21(15-18)28-14-11-25-9-12-27-13-10-25/h1-8,15,17,24H,9-14H2. The number of allylic oxidation sites excluding steroid dienone is 1. The van der Waals surface area contributed by atoms with Crippen molar-refractivity contribution in [3.8, 4) is 11.8 Å². The molecule has 0 saturated carbocycles. The number of Topliss-reactive ketones (excluding diaryl/α,β-unsaturated/α-hetero) is 1. The molecular weight excluding hydrogens is 354 g/mol. The Morgan fingerprint density at radius 2 is 1.96 bits per heavy atom. The van der Waals surface area contributed by atoms with Crippen molar-refractivity contribution in [1.82, 2.24) is 4.90 Å². The van der Waals surface area contributed by atoms with Crippen LogP contribution in [0.4, 0.5) is 5.69 Å². The van der Waals surface area contributed by atoms with Crippen LogP contribution in [0, 0.1) is 11.3 Å². The number of para-hydroxylation sites is 1. The van der Waals surface area contributed by atoms with Crippen molar-refractivity contribution < 1.29 is 14.3 Å². The van der Waals surface area contributed by atoms with Gasteiger partial charge < -0.3 is 14.8 Å². The van der Waals surface area contributed by atoms with Crippen LogP contribution in [0.25, 0.3) is 0 Å². The van der Waals surface area contributed by atoms with E-state index in [2.05, 4.69) is 10.2 Å². The summed E-state index contributed by atoms with van der Waals surface area (Å²) in [5.41, 5.74) is 1.27. The molecule has 0 spiro atoms. The maximum Gasteiger partial charge on any atom is 0.205 e. The Hall–Kier alpha value is -3.14. The Balaban J connectivity index is 1.59. The first-order chi connectivity index (χ1) is 13.8. The number of rotatable bonds is 8. The Kier molecular flexibility index (Phi) is 7.19. The third kappa shape index (κ3) is 5.68. The zero-order valence-corrected chi connectivity index (χ0v) is 15.6. The van der Waals surface area contributed by atoms with Gasteiger partial charge in [0.1, 0.15) is 24.0 Å². The lowest BCUT2D eigenvalue weighted by molar-refractivity contribution is 0.0322. The summed E-state index contributed by atoms with van der Waals surface area (Å²) in [6, 6.07) is 18.3. The van der Waals surface area contributed by atoms with Crippen molar-refractivity contribution in [2.45, 2.75) is 0 Å². The van der Waals surface area contributed by atoms with E-state index in [0.29, 0.717) is 17.9 Å². The molecule has 1 aliphatic rings. The predicted octanol–water partition coefficient (Wildman–Crippen LogP) is 3.10. The van der Waals surface area contributed by atoms with Gasteiger partial charge in [-0.25, -0.2) is 0 Å². The van der Waals surface area contributed by atoms with Crippen LogP contribution < -0.4 is 10.1 Å². The molecule has 1 heterocycles. The maximum absolute atomic E-state index is 12.7. The van der Waals surface area contributed by atoms with Crippen LogP contribution in [-0.4, -0.2) is 50.1 Å². The molecule has 144 valence electrons. The topological polar surface area (TPSA) is 74.6 Å². The number of hydrogen-bond donors (Lipinski definition) is 1. The average Bonchev–Trinajstić information content (AvgIpc) is 2.76. The van der Waals surface area contributed by atoms with Crippen LogP contribution >= 0.6 is 0 Å². The van der Waals surface area contributed by atoms with E-state index in [1.54, 1.807) is 18.2 Å². The fourth-order valence-corrected chi connectivity index (χ4v) is 2.84. The lowest BCUT2D eigenvalue weighted by Gasteiger charge is -2.26. The first-order valence-electron chi connectivity index (χ1n) is 9.26. The number of benzene rings is 2. The Bertz CT molecular complexity index is 853. The van der Waals surface area contributed by atoms with Crippen molar-refractivity contribution in [2.24, 2.45) is 0 Å². The lowest BCUT2D eigenvalue weighted by atomic mass is 10.0. The molecule has 0 amide bonds. The third-order valence-corrected chi connectivity index (χ3v) is 4.40. The minimum Gasteiger partial charge on any atom is -0.492 e. The van der Waals surface area contributed by atoms with Gasteiger partial charge in [0.05, 0.1) is 13.2 Å². The summed E-state index contributed by atoms with van der Waals surface area (Å²) in [5.74, 6) is 0.275. The monoisotopic (exact) mass is 377 g/mol. The highest BCUT2D eigenvalue weighted by Crippen LogP contribution is 2.17. The summed E-state index contributed by atoms with van der Waals surface area (Å²) in [4.78, 5) is 14.9. The Morgan fingerprint density at radius 3 is 2.71 bits per heavy atom. The molecule has 1 saturated heterocycles. The Labute approximate surface area is 165 Å². The van der Waals surface area contributed by atoms with E-state index >= 15 is 0 Å². The number of ether oxygens (including phenoxy) is 2. The van der Waals surface area contributed by atoms with Gasteiger partial charge >= 0.3 is 0 Å². The number of morpholine rings is 1. The number of nitrogens with one attached hydrogen (secondary N) is 1. The number of anilines is 1. The molecule has 1 fully saturated rings. The van der Waals surface area contributed by atoms with Crippen LogP contribution in [0.5, 0.6) is 5.75 Å². The first-order valence-corrected chi connectivity index (χ1v) is 9.26. The van der Waals surface area contributed by atoms with E-state index < -0.39 is 0 Å². The van der Waals surface area contributed by atoms with Gasteiger partial charge in [-0.15, -0.1) is 0 Å². The maximum atomic E-state index is 12.7. The molecule has 6 heteroatoms. The number of hydrogen-bond acceptors (Lipinski definition) is 6. The SMILES string of the molecule is N#CC(=CNc1ccccc1)C(=O)c1cccc(OCCN2CCOCC2)c1. The Morgan fingerprint density at radius 1 is 1.18 bits per heavy atom. The fourth-order valence-electron chi connectivity index (χ4n) is 2.84. The zero-order chi connectivity index (χ0) is 19.6. The van der Waals surface area contributed by atoms with Crippen molar-refractivity contribution in [3.05, 3.63) is 71.9 Å². The van der Waals surface area contributed by atoms with Crippen LogP contribution in [0.2, 0.25) is 0 Å². The van der Waals surface area contributed by atoms with E-state index in [-0.39, 0.29) is 11.4 Å². The molecule has 0 radical (unpaired) electrons. The predicted molar refractivity (Wildman–Crippen MR) is 107 cm³/mol. The van der Waals surface area contributed by atoms with Crippen LogP contribution in [0.15, 0.2) is 66.4 Å². The van der Waals surface area contributed by atoms with Crippen molar-refractivity contribution >= 4 is 11.5 Å². The normalized spacial score (nSPS) is 14.9. The fraction of sp³-hybridized carbons (Fsp3) is 0.273. The molecule has 1 N–H and O–H groups in total. The number of ketones is 1. The van der Waals surface area contributed by atoms with Gasteiger partial charge in [-0.2, -0.15) is 5.26 Å². The van der Waals surface area contributed by atoms with Gasteiger partial charge in [-0.1, -0.05) is 30.3 Å². The molecule has 2 aromatic carbocycles. The number of nitriles is 1.